The van der Waals surface area contributed by atoms with Crippen molar-refractivity contribution in [2.45, 2.75) is 25.0 Å². The van der Waals surface area contributed by atoms with Crippen LogP contribution in [0.4, 0.5) is 0 Å². The van der Waals surface area contributed by atoms with Crippen molar-refractivity contribution in [1.82, 2.24) is 20.5 Å². The second-order valence-corrected chi connectivity index (χ2v) is 6.80. The van der Waals surface area contributed by atoms with E-state index in [0.717, 1.165) is 16.5 Å². The van der Waals surface area contributed by atoms with Crippen molar-refractivity contribution >= 4 is 28.4 Å². The molecule has 2 aromatic heterocycles. The maximum Gasteiger partial charge on any atom is 0.271 e. The number of para-hydroxylation sites is 1. The molecule has 2 heterocycles. The summed E-state index contributed by atoms with van der Waals surface area (Å²) in [6, 6.07) is 9.63. The second-order valence-electron chi connectivity index (χ2n) is 6.39. The monoisotopic (exact) mass is 356 g/mol. The third kappa shape index (κ3) is 3.10. The molecule has 1 saturated carbocycles. The Morgan fingerprint density at radius 3 is 2.84 bits per heavy atom. The first-order valence-corrected chi connectivity index (χ1v) is 8.52. The molecule has 0 unspecified atom stereocenters. The van der Waals surface area contributed by atoms with E-state index in [1.165, 1.54) is 6.20 Å². The van der Waals surface area contributed by atoms with Crippen LogP contribution in [-0.4, -0.2) is 32.3 Å². The number of aromatic nitrogens is 3. The van der Waals surface area contributed by atoms with E-state index in [-0.39, 0.29) is 34.7 Å². The number of fused-ring (bicyclic) bond motifs is 1. The van der Waals surface area contributed by atoms with Gasteiger partial charge in [0.15, 0.2) is 0 Å². The molecule has 3 N–H and O–H groups in total. The van der Waals surface area contributed by atoms with Crippen LogP contribution >= 0.6 is 11.6 Å². The van der Waals surface area contributed by atoms with Gasteiger partial charge in [-0.05, 0) is 36.5 Å². The van der Waals surface area contributed by atoms with Crippen LogP contribution in [0.15, 0.2) is 42.7 Å². The van der Waals surface area contributed by atoms with E-state index in [4.69, 9.17) is 11.6 Å². The highest BCUT2D eigenvalue weighted by Gasteiger charge is 2.36. The molecule has 1 aromatic carbocycles. The third-order valence-corrected chi connectivity index (χ3v) is 4.99. The van der Waals surface area contributed by atoms with Gasteiger partial charge in [0, 0.05) is 11.6 Å². The van der Waals surface area contributed by atoms with Crippen LogP contribution in [0.3, 0.4) is 0 Å². The van der Waals surface area contributed by atoms with Crippen LogP contribution in [-0.2, 0) is 0 Å². The van der Waals surface area contributed by atoms with Gasteiger partial charge in [0.25, 0.3) is 5.91 Å². The number of nitrogens with zero attached hydrogens (tertiary/aromatic N) is 2. The number of carbonyl (C=O) groups excluding carboxylic acids is 1. The Hall–Kier alpha value is -2.44. The number of hydrogen-bond donors (Lipinski definition) is 3. The zero-order valence-electron chi connectivity index (χ0n) is 13.3. The van der Waals surface area contributed by atoms with Gasteiger partial charge in [-0.15, -0.1) is 0 Å². The Labute approximate surface area is 149 Å². The third-order valence-electron chi connectivity index (χ3n) is 4.70. The zero-order valence-corrected chi connectivity index (χ0v) is 14.1. The van der Waals surface area contributed by atoms with E-state index in [2.05, 4.69) is 20.5 Å². The maximum absolute atomic E-state index is 12.6. The van der Waals surface area contributed by atoms with Gasteiger partial charge in [0.05, 0.1) is 28.9 Å². The Morgan fingerprint density at radius 1 is 1.32 bits per heavy atom. The summed E-state index contributed by atoms with van der Waals surface area (Å²) in [5.41, 5.74) is 2.06. The molecule has 0 spiro atoms. The van der Waals surface area contributed by atoms with Crippen molar-refractivity contribution in [3.8, 4) is 0 Å². The Morgan fingerprint density at radius 2 is 2.12 bits per heavy atom. The molecule has 7 heteroatoms. The predicted molar refractivity (Wildman–Crippen MR) is 94.3 cm³/mol. The van der Waals surface area contributed by atoms with Gasteiger partial charge < -0.3 is 10.4 Å². The smallest absolute Gasteiger partial charge is 0.271 e. The standard InChI is InChI=1S/C18H17ClN4O2/c19-14-9-21-23-17(14)18(25)22-16(11-6-13(24)7-11)12-5-10-3-1-2-4-15(10)20-8-12/h1-5,8-9,11,13,16,24H,6-7H2,(H,21,23)(H,22,25)/t11?,13?,16-/m0/s1. The summed E-state index contributed by atoms with van der Waals surface area (Å²) in [7, 11) is 0. The molecule has 0 radical (unpaired) electrons. The van der Waals surface area contributed by atoms with Crippen molar-refractivity contribution in [2.75, 3.05) is 0 Å². The molecule has 1 aliphatic rings. The van der Waals surface area contributed by atoms with Gasteiger partial charge >= 0.3 is 0 Å². The first-order chi connectivity index (χ1) is 12.1. The number of rotatable bonds is 4. The normalized spacial score (nSPS) is 20.9. The fourth-order valence-corrected chi connectivity index (χ4v) is 3.45. The number of nitrogens with one attached hydrogen (secondary N) is 2. The van der Waals surface area contributed by atoms with E-state index in [1.807, 2.05) is 30.3 Å². The average molecular weight is 357 g/mol. The molecule has 25 heavy (non-hydrogen) atoms. The molecule has 1 aliphatic carbocycles. The number of aliphatic hydroxyl groups excluding tert-OH is 1. The summed E-state index contributed by atoms with van der Waals surface area (Å²) in [6.45, 7) is 0. The highest BCUT2D eigenvalue weighted by atomic mass is 35.5. The minimum Gasteiger partial charge on any atom is -0.393 e. The summed E-state index contributed by atoms with van der Waals surface area (Å²) >= 11 is 5.99. The molecule has 4 rings (SSSR count). The minimum atomic E-state index is -0.318. The topological polar surface area (TPSA) is 90.9 Å². The van der Waals surface area contributed by atoms with Gasteiger partial charge in [-0.2, -0.15) is 5.10 Å². The van der Waals surface area contributed by atoms with E-state index in [0.29, 0.717) is 12.8 Å². The molecule has 1 atom stereocenters. The fourth-order valence-electron chi connectivity index (χ4n) is 3.28. The number of H-pyrrole nitrogens is 1. The largest absolute Gasteiger partial charge is 0.393 e. The maximum atomic E-state index is 12.6. The predicted octanol–water partition coefficient (Wildman–Crippen LogP) is 2.85. The lowest BCUT2D eigenvalue weighted by atomic mass is 9.75. The van der Waals surface area contributed by atoms with Crippen LogP contribution in [0.1, 0.15) is 34.9 Å². The van der Waals surface area contributed by atoms with Crippen LogP contribution in [0, 0.1) is 5.92 Å². The van der Waals surface area contributed by atoms with Crippen LogP contribution in [0.5, 0.6) is 0 Å². The molecule has 3 aromatic rings. The van der Waals surface area contributed by atoms with Crippen LogP contribution in [0.2, 0.25) is 5.02 Å². The van der Waals surface area contributed by atoms with Gasteiger partial charge in [-0.1, -0.05) is 29.8 Å². The Bertz CT molecular complexity index is 920. The number of benzene rings is 1. The summed E-state index contributed by atoms with van der Waals surface area (Å²) in [6.07, 6.45) is 4.17. The van der Waals surface area contributed by atoms with Gasteiger partial charge in [0.2, 0.25) is 0 Å². The van der Waals surface area contributed by atoms with Crippen LogP contribution in [0.25, 0.3) is 10.9 Å². The minimum absolute atomic E-state index is 0.156. The summed E-state index contributed by atoms with van der Waals surface area (Å²) in [5, 5.41) is 20.4. The molecule has 0 aliphatic heterocycles. The lowest BCUT2D eigenvalue weighted by molar-refractivity contribution is 0.0234. The average Bonchev–Trinajstić information content (AvgIpc) is 3.03. The lowest BCUT2D eigenvalue weighted by Crippen LogP contribution is -2.41. The van der Waals surface area contributed by atoms with E-state index >= 15 is 0 Å². The molecule has 1 amide bonds. The molecule has 0 bridgehead atoms. The lowest BCUT2D eigenvalue weighted by Gasteiger charge is -2.38. The quantitative estimate of drug-likeness (QED) is 0.670. The van der Waals surface area contributed by atoms with E-state index in [1.54, 1.807) is 6.20 Å². The molecule has 6 nitrogen and oxygen atoms in total. The molecular formula is C18H17ClN4O2. The Balaban J connectivity index is 1.65. The van der Waals surface area contributed by atoms with Crippen molar-refractivity contribution in [3.05, 3.63) is 59.0 Å². The molecular weight excluding hydrogens is 340 g/mol. The Kier molecular flexibility index (Phi) is 4.15. The van der Waals surface area contributed by atoms with Crippen molar-refractivity contribution in [1.29, 1.82) is 0 Å². The second kappa shape index (κ2) is 6.46. The number of carbonyl (C=O) groups is 1. The molecule has 0 saturated heterocycles. The zero-order chi connectivity index (χ0) is 17.4. The van der Waals surface area contributed by atoms with Crippen molar-refractivity contribution in [2.24, 2.45) is 5.92 Å². The number of halogens is 1. The summed E-state index contributed by atoms with van der Waals surface area (Å²) in [4.78, 5) is 17.0. The number of aliphatic hydroxyl groups is 1. The number of pyridine rings is 1. The first kappa shape index (κ1) is 16.1. The number of aromatic amines is 1. The fraction of sp³-hybridized carbons (Fsp3) is 0.278. The summed E-state index contributed by atoms with van der Waals surface area (Å²) in [5.74, 6) is -0.161. The van der Waals surface area contributed by atoms with Gasteiger partial charge in [0.1, 0.15) is 5.69 Å². The number of hydrogen-bond acceptors (Lipinski definition) is 4. The van der Waals surface area contributed by atoms with Crippen molar-refractivity contribution in [3.63, 3.8) is 0 Å². The van der Waals surface area contributed by atoms with Gasteiger partial charge in [-0.3, -0.25) is 14.9 Å². The number of amides is 1. The highest BCUT2D eigenvalue weighted by Crippen LogP contribution is 2.38. The first-order valence-electron chi connectivity index (χ1n) is 8.14. The molecule has 1 fully saturated rings. The highest BCUT2D eigenvalue weighted by molar-refractivity contribution is 6.33. The molecule has 128 valence electrons. The van der Waals surface area contributed by atoms with Crippen molar-refractivity contribution < 1.29 is 9.90 Å². The van der Waals surface area contributed by atoms with E-state index in [9.17, 15) is 9.90 Å². The van der Waals surface area contributed by atoms with Crippen LogP contribution < -0.4 is 5.32 Å². The van der Waals surface area contributed by atoms with Gasteiger partial charge in [-0.25, -0.2) is 0 Å². The SMILES string of the molecule is O=C(N[C@H](c1cnc2ccccc2c1)C1CC(O)C1)c1[nH]ncc1Cl. The summed E-state index contributed by atoms with van der Waals surface area (Å²) < 4.78 is 0. The van der Waals surface area contributed by atoms with E-state index < -0.39 is 0 Å².